The minimum atomic E-state index is -0.300. The van der Waals surface area contributed by atoms with Crippen molar-refractivity contribution < 1.29 is 19.2 Å². The summed E-state index contributed by atoms with van der Waals surface area (Å²) in [7, 11) is 0. The Kier molecular flexibility index (Phi) is 7.37. The van der Waals surface area contributed by atoms with E-state index < -0.39 is 0 Å². The molecule has 6 nitrogen and oxygen atoms in total. The SMILES string of the molecule is CC(=O)/C=C\C(C)=O.Nc1ccc(Cc2ccc(N3C(=O)C=CC3=O)cc2)cc1. The fraction of sp³-hybridized carbons (Fsp3) is 0.130. The lowest BCUT2D eigenvalue weighted by molar-refractivity contribution is -0.120. The van der Waals surface area contributed by atoms with Crippen LogP contribution in [0.4, 0.5) is 11.4 Å². The lowest BCUT2D eigenvalue weighted by atomic mass is 10.0. The molecule has 1 heterocycles. The molecular weight excluding hydrogens is 368 g/mol. The number of benzene rings is 2. The molecule has 2 amide bonds. The minimum Gasteiger partial charge on any atom is -0.399 e. The first kappa shape index (κ1) is 21.5. The lowest BCUT2D eigenvalue weighted by Crippen LogP contribution is -2.29. The smallest absolute Gasteiger partial charge is 0.258 e. The molecule has 0 atom stereocenters. The summed E-state index contributed by atoms with van der Waals surface area (Å²) in [6.45, 7) is 2.80. The number of nitrogen functional groups attached to an aromatic ring is 1. The number of ketones is 2. The van der Waals surface area contributed by atoms with Crippen LogP contribution >= 0.6 is 0 Å². The van der Waals surface area contributed by atoms with Gasteiger partial charge in [0.25, 0.3) is 11.8 Å². The molecular formula is C23H22N2O4. The van der Waals surface area contributed by atoms with Gasteiger partial charge in [-0.15, -0.1) is 0 Å². The Morgan fingerprint density at radius 1 is 0.793 bits per heavy atom. The van der Waals surface area contributed by atoms with Gasteiger partial charge in [0.15, 0.2) is 11.6 Å². The Morgan fingerprint density at radius 3 is 1.62 bits per heavy atom. The molecule has 3 rings (SSSR count). The first-order valence-corrected chi connectivity index (χ1v) is 8.95. The van der Waals surface area contributed by atoms with Crippen molar-refractivity contribution in [2.75, 3.05) is 10.6 Å². The number of imide groups is 1. The van der Waals surface area contributed by atoms with Crippen molar-refractivity contribution in [1.29, 1.82) is 0 Å². The van der Waals surface area contributed by atoms with Crippen LogP contribution < -0.4 is 10.6 Å². The fourth-order valence-corrected chi connectivity index (χ4v) is 2.52. The monoisotopic (exact) mass is 390 g/mol. The van der Waals surface area contributed by atoms with Gasteiger partial charge in [0.2, 0.25) is 0 Å². The van der Waals surface area contributed by atoms with Gasteiger partial charge in [0, 0.05) is 17.8 Å². The predicted octanol–water partition coefficient (Wildman–Crippen LogP) is 3.01. The zero-order chi connectivity index (χ0) is 21.4. The van der Waals surface area contributed by atoms with E-state index >= 15 is 0 Å². The topological polar surface area (TPSA) is 97.5 Å². The predicted molar refractivity (Wildman–Crippen MR) is 112 cm³/mol. The maximum absolute atomic E-state index is 11.6. The Morgan fingerprint density at radius 2 is 1.21 bits per heavy atom. The van der Waals surface area contributed by atoms with Gasteiger partial charge in [0.1, 0.15) is 0 Å². The van der Waals surface area contributed by atoms with Crippen molar-refractivity contribution >= 4 is 34.8 Å². The zero-order valence-electron chi connectivity index (χ0n) is 16.3. The summed E-state index contributed by atoms with van der Waals surface area (Å²) in [5.41, 5.74) is 9.26. The molecule has 2 N–H and O–H groups in total. The number of nitrogens with zero attached hydrogens (tertiary/aromatic N) is 1. The van der Waals surface area contributed by atoms with E-state index in [1.807, 2.05) is 36.4 Å². The quantitative estimate of drug-likeness (QED) is 0.481. The lowest BCUT2D eigenvalue weighted by Gasteiger charge is -2.14. The molecule has 148 valence electrons. The second kappa shape index (κ2) is 9.94. The van der Waals surface area contributed by atoms with Crippen molar-refractivity contribution in [2.24, 2.45) is 0 Å². The van der Waals surface area contributed by atoms with Crippen molar-refractivity contribution in [1.82, 2.24) is 0 Å². The van der Waals surface area contributed by atoms with Crippen LogP contribution in [-0.2, 0) is 25.6 Å². The van der Waals surface area contributed by atoms with Crippen LogP contribution in [0, 0.1) is 0 Å². The third-order valence-electron chi connectivity index (χ3n) is 3.94. The number of nitrogens with two attached hydrogens (primary N) is 1. The van der Waals surface area contributed by atoms with Gasteiger partial charge in [-0.25, -0.2) is 4.90 Å². The molecule has 6 heteroatoms. The largest absolute Gasteiger partial charge is 0.399 e. The number of hydrogen-bond donors (Lipinski definition) is 1. The standard InChI is InChI=1S/C17H14N2O2.C6H8O2/c18-14-5-1-12(2-6-14)11-13-3-7-15(8-4-13)19-16(20)9-10-17(19)21;1-5(7)3-4-6(2)8/h1-10H,11,18H2;3-4H,1-2H3/b;4-3-. The van der Waals surface area contributed by atoms with Crippen LogP contribution in [0.25, 0.3) is 0 Å². The van der Waals surface area contributed by atoms with Gasteiger partial charge in [-0.1, -0.05) is 24.3 Å². The molecule has 0 saturated heterocycles. The summed E-state index contributed by atoms with van der Waals surface area (Å²) >= 11 is 0. The van der Waals surface area contributed by atoms with E-state index in [1.54, 1.807) is 12.1 Å². The maximum Gasteiger partial charge on any atom is 0.258 e. The van der Waals surface area contributed by atoms with Crippen LogP contribution in [0.5, 0.6) is 0 Å². The summed E-state index contributed by atoms with van der Waals surface area (Å²) in [6.07, 6.45) is 5.85. The number of allylic oxidation sites excluding steroid dienone is 2. The third kappa shape index (κ3) is 6.70. The zero-order valence-corrected chi connectivity index (χ0v) is 16.3. The minimum absolute atomic E-state index is 0.0970. The highest BCUT2D eigenvalue weighted by atomic mass is 16.2. The number of rotatable bonds is 5. The molecule has 2 aromatic carbocycles. The van der Waals surface area contributed by atoms with Crippen molar-refractivity contribution in [3.05, 3.63) is 84.0 Å². The molecule has 29 heavy (non-hydrogen) atoms. The Balaban J connectivity index is 0.000000321. The van der Waals surface area contributed by atoms with E-state index in [0.717, 1.165) is 28.1 Å². The van der Waals surface area contributed by atoms with E-state index in [1.165, 1.54) is 38.2 Å². The number of carbonyl (C=O) groups excluding carboxylic acids is 4. The van der Waals surface area contributed by atoms with Gasteiger partial charge >= 0.3 is 0 Å². The van der Waals surface area contributed by atoms with Gasteiger partial charge < -0.3 is 5.73 Å². The average molecular weight is 390 g/mol. The van der Waals surface area contributed by atoms with Crippen molar-refractivity contribution in [3.8, 4) is 0 Å². The molecule has 0 fully saturated rings. The van der Waals surface area contributed by atoms with Crippen LogP contribution in [0.3, 0.4) is 0 Å². The van der Waals surface area contributed by atoms with E-state index in [2.05, 4.69) is 0 Å². The molecule has 0 unspecified atom stereocenters. The molecule has 0 spiro atoms. The van der Waals surface area contributed by atoms with Gasteiger partial charge in [-0.3, -0.25) is 19.2 Å². The van der Waals surface area contributed by atoms with E-state index in [-0.39, 0.29) is 23.4 Å². The van der Waals surface area contributed by atoms with Crippen LogP contribution in [0.2, 0.25) is 0 Å². The molecule has 2 aromatic rings. The number of amides is 2. The average Bonchev–Trinajstić information content (AvgIpc) is 3.01. The summed E-state index contributed by atoms with van der Waals surface area (Å²) in [5, 5.41) is 0. The van der Waals surface area contributed by atoms with E-state index in [4.69, 9.17) is 5.73 Å². The van der Waals surface area contributed by atoms with E-state index in [0.29, 0.717) is 5.69 Å². The van der Waals surface area contributed by atoms with Crippen molar-refractivity contribution in [3.63, 3.8) is 0 Å². The molecule has 0 saturated carbocycles. The molecule has 0 bridgehead atoms. The number of carbonyl (C=O) groups is 4. The molecule has 0 radical (unpaired) electrons. The second-order valence-corrected chi connectivity index (χ2v) is 6.48. The molecule has 0 aliphatic carbocycles. The van der Waals surface area contributed by atoms with Crippen LogP contribution in [0.1, 0.15) is 25.0 Å². The summed E-state index contributed by atoms with van der Waals surface area (Å²) in [5.74, 6) is -0.794. The number of anilines is 2. The summed E-state index contributed by atoms with van der Waals surface area (Å²) in [6, 6.07) is 15.1. The van der Waals surface area contributed by atoms with Gasteiger partial charge in [-0.05, 0) is 67.8 Å². The first-order valence-electron chi connectivity index (χ1n) is 8.95. The molecule has 1 aliphatic heterocycles. The number of hydrogen-bond acceptors (Lipinski definition) is 5. The Bertz CT molecular complexity index is 937. The first-order chi connectivity index (χ1) is 13.8. The third-order valence-corrected chi connectivity index (χ3v) is 3.94. The molecule has 0 aromatic heterocycles. The van der Waals surface area contributed by atoms with Crippen LogP contribution in [0.15, 0.2) is 72.8 Å². The summed E-state index contributed by atoms with van der Waals surface area (Å²) < 4.78 is 0. The van der Waals surface area contributed by atoms with Gasteiger partial charge in [0.05, 0.1) is 5.69 Å². The highest BCUT2D eigenvalue weighted by molar-refractivity contribution is 6.28. The summed E-state index contributed by atoms with van der Waals surface area (Å²) in [4.78, 5) is 44.6. The van der Waals surface area contributed by atoms with Gasteiger partial charge in [-0.2, -0.15) is 0 Å². The van der Waals surface area contributed by atoms with Crippen molar-refractivity contribution in [2.45, 2.75) is 20.3 Å². The van der Waals surface area contributed by atoms with Crippen LogP contribution in [-0.4, -0.2) is 23.4 Å². The normalized spacial score (nSPS) is 12.8. The fourth-order valence-electron chi connectivity index (χ4n) is 2.52. The highest BCUT2D eigenvalue weighted by Gasteiger charge is 2.24. The van der Waals surface area contributed by atoms with E-state index in [9.17, 15) is 19.2 Å². The molecule has 1 aliphatic rings. The second-order valence-electron chi connectivity index (χ2n) is 6.48. The highest BCUT2D eigenvalue weighted by Crippen LogP contribution is 2.20. The Hall–Kier alpha value is -3.80. The maximum atomic E-state index is 11.6. The Labute approximate surface area is 169 Å².